The number of primary amides is 1. The van der Waals surface area contributed by atoms with Crippen molar-refractivity contribution < 1.29 is 18.0 Å². The zero-order chi connectivity index (χ0) is 24.5. The number of carbonyl (C=O) groups excluding carboxylic acids is 1. The van der Waals surface area contributed by atoms with Crippen LogP contribution in [0.4, 0.5) is 24.8 Å². The summed E-state index contributed by atoms with van der Waals surface area (Å²) in [5, 5.41) is 3.27. The summed E-state index contributed by atoms with van der Waals surface area (Å²) in [6.07, 6.45) is -2.57. The number of rotatable bonds is 7. The fraction of sp³-hybridized carbons (Fsp3) is 0.231. The number of halogens is 3. The van der Waals surface area contributed by atoms with Gasteiger partial charge in [-0.2, -0.15) is 13.2 Å². The van der Waals surface area contributed by atoms with Crippen LogP contribution in [0.25, 0.3) is 11.0 Å². The summed E-state index contributed by atoms with van der Waals surface area (Å²) < 4.78 is 42.6. The predicted molar refractivity (Wildman–Crippen MR) is 127 cm³/mol. The van der Waals surface area contributed by atoms with Crippen LogP contribution in [0.2, 0.25) is 0 Å². The number of anilines is 2. The molecule has 4 aromatic rings. The molecule has 1 aromatic heterocycles. The molecule has 5 nitrogen and oxygen atoms in total. The first kappa shape index (κ1) is 23.4. The molecule has 0 saturated heterocycles. The van der Waals surface area contributed by atoms with Crippen molar-refractivity contribution in [1.29, 1.82) is 0 Å². The molecule has 0 aliphatic carbocycles. The molecular weight excluding hydrogens is 441 g/mol. The van der Waals surface area contributed by atoms with Crippen molar-refractivity contribution in [3.05, 3.63) is 88.5 Å². The van der Waals surface area contributed by atoms with Crippen LogP contribution < -0.4 is 11.1 Å². The summed E-state index contributed by atoms with van der Waals surface area (Å²) in [6.45, 7) is 4.09. The molecule has 34 heavy (non-hydrogen) atoms. The molecule has 0 spiro atoms. The Hall–Kier alpha value is -3.81. The van der Waals surface area contributed by atoms with Crippen molar-refractivity contribution >= 4 is 28.6 Å². The first-order chi connectivity index (χ1) is 16.2. The molecule has 0 radical (unpaired) electrons. The van der Waals surface area contributed by atoms with E-state index >= 15 is 0 Å². The largest absolute Gasteiger partial charge is 0.416 e. The van der Waals surface area contributed by atoms with Gasteiger partial charge in [-0.15, -0.1) is 0 Å². The van der Waals surface area contributed by atoms with Gasteiger partial charge >= 0.3 is 6.18 Å². The maximum Gasteiger partial charge on any atom is 0.416 e. The molecule has 0 bridgehead atoms. The van der Waals surface area contributed by atoms with E-state index in [4.69, 9.17) is 5.73 Å². The highest BCUT2D eigenvalue weighted by molar-refractivity contribution is 5.96. The first-order valence-corrected chi connectivity index (χ1v) is 11.0. The molecule has 0 unspecified atom stereocenters. The van der Waals surface area contributed by atoms with Crippen LogP contribution >= 0.6 is 0 Å². The lowest BCUT2D eigenvalue weighted by Crippen LogP contribution is -2.13. The summed E-state index contributed by atoms with van der Waals surface area (Å²) >= 11 is 0. The molecule has 1 amide bonds. The number of nitrogens with one attached hydrogen (secondary N) is 1. The molecule has 0 aliphatic rings. The lowest BCUT2D eigenvalue weighted by atomic mass is 10.0. The maximum absolute atomic E-state index is 13.6. The van der Waals surface area contributed by atoms with E-state index in [1.165, 1.54) is 23.3 Å². The number of benzene rings is 3. The zero-order valence-corrected chi connectivity index (χ0v) is 18.9. The number of imidazole rings is 1. The van der Waals surface area contributed by atoms with E-state index < -0.39 is 17.6 Å². The van der Waals surface area contributed by atoms with Crippen LogP contribution in [-0.2, 0) is 19.1 Å². The lowest BCUT2D eigenvalue weighted by Gasteiger charge is -2.16. The van der Waals surface area contributed by atoms with Crippen molar-refractivity contribution in [2.45, 2.75) is 39.4 Å². The minimum atomic E-state index is -4.48. The van der Waals surface area contributed by atoms with Crippen molar-refractivity contribution in [2.75, 3.05) is 5.32 Å². The number of carbonyl (C=O) groups is 1. The Bertz CT molecular complexity index is 1360. The van der Waals surface area contributed by atoms with Crippen LogP contribution in [0.3, 0.4) is 0 Å². The Morgan fingerprint density at radius 2 is 1.82 bits per heavy atom. The number of nitrogens with zero attached hydrogens (tertiary/aromatic N) is 2. The van der Waals surface area contributed by atoms with Crippen LogP contribution in [0, 0.1) is 6.92 Å². The minimum absolute atomic E-state index is 0.0574. The van der Waals surface area contributed by atoms with E-state index in [-0.39, 0.29) is 17.7 Å². The van der Waals surface area contributed by atoms with E-state index in [0.717, 1.165) is 24.6 Å². The van der Waals surface area contributed by atoms with Crippen molar-refractivity contribution in [1.82, 2.24) is 9.55 Å². The predicted octanol–water partition coefficient (Wildman–Crippen LogP) is 6.21. The third-order valence-electron chi connectivity index (χ3n) is 5.81. The molecule has 8 heteroatoms. The standard InChI is InChI=1S/C26H25F3N4O/c1-3-6-17-13-20(11-9-16(17)2)31-25-32-22-14-18(24(30)34)10-12-23(22)33(25)15-19-7-4-5-8-21(19)26(27,28)29/h4-5,7-14H,3,6,15H2,1-2H3,(H2,30,34)(H,31,32). The Labute approximate surface area is 195 Å². The maximum atomic E-state index is 13.6. The van der Waals surface area contributed by atoms with E-state index in [1.54, 1.807) is 28.8 Å². The number of aromatic nitrogens is 2. The monoisotopic (exact) mass is 466 g/mol. The third-order valence-corrected chi connectivity index (χ3v) is 5.81. The number of alkyl halides is 3. The highest BCUT2D eigenvalue weighted by Crippen LogP contribution is 2.34. The summed E-state index contributed by atoms with van der Waals surface area (Å²) in [5.74, 6) is -0.226. The van der Waals surface area contributed by atoms with Gasteiger partial charge in [-0.05, 0) is 66.4 Å². The summed E-state index contributed by atoms with van der Waals surface area (Å²) in [7, 11) is 0. The van der Waals surface area contributed by atoms with Crippen molar-refractivity contribution in [3.8, 4) is 0 Å². The van der Waals surface area contributed by atoms with E-state index in [1.807, 2.05) is 25.1 Å². The SMILES string of the molecule is CCCc1cc(Nc2nc3cc(C(N)=O)ccc3n2Cc2ccccc2C(F)(F)F)ccc1C. The fourth-order valence-electron chi connectivity index (χ4n) is 4.06. The quantitative estimate of drug-likeness (QED) is 0.340. The van der Waals surface area contributed by atoms with E-state index in [0.29, 0.717) is 17.0 Å². The van der Waals surface area contributed by atoms with Crippen molar-refractivity contribution in [2.24, 2.45) is 5.73 Å². The first-order valence-electron chi connectivity index (χ1n) is 11.0. The van der Waals surface area contributed by atoms with Gasteiger partial charge in [0, 0.05) is 11.3 Å². The second-order valence-corrected chi connectivity index (χ2v) is 8.26. The number of amides is 1. The fourth-order valence-corrected chi connectivity index (χ4v) is 4.06. The highest BCUT2D eigenvalue weighted by atomic mass is 19.4. The molecule has 3 aromatic carbocycles. The van der Waals surface area contributed by atoms with E-state index in [9.17, 15) is 18.0 Å². The Morgan fingerprint density at radius 1 is 1.06 bits per heavy atom. The topological polar surface area (TPSA) is 72.9 Å². The molecule has 0 atom stereocenters. The smallest absolute Gasteiger partial charge is 0.366 e. The molecule has 176 valence electrons. The van der Waals surface area contributed by atoms with Gasteiger partial charge in [0.05, 0.1) is 23.1 Å². The normalized spacial score (nSPS) is 11.7. The van der Waals surface area contributed by atoms with Gasteiger partial charge in [-0.1, -0.05) is 37.6 Å². The molecule has 0 aliphatic heterocycles. The minimum Gasteiger partial charge on any atom is -0.366 e. The molecule has 1 heterocycles. The van der Waals surface area contributed by atoms with Gasteiger partial charge in [-0.25, -0.2) is 4.98 Å². The van der Waals surface area contributed by atoms with Gasteiger partial charge in [0.1, 0.15) is 0 Å². The van der Waals surface area contributed by atoms with Crippen LogP contribution in [0.1, 0.15) is 46.0 Å². The number of fused-ring (bicyclic) bond motifs is 1. The molecule has 3 N–H and O–H groups in total. The summed E-state index contributed by atoms with van der Waals surface area (Å²) in [4.78, 5) is 16.3. The number of aryl methyl sites for hydroxylation is 2. The van der Waals surface area contributed by atoms with Gasteiger partial charge in [0.25, 0.3) is 0 Å². The van der Waals surface area contributed by atoms with Crippen LogP contribution in [-0.4, -0.2) is 15.5 Å². The van der Waals surface area contributed by atoms with Gasteiger partial charge < -0.3 is 15.6 Å². The number of hydrogen-bond acceptors (Lipinski definition) is 3. The van der Waals surface area contributed by atoms with Gasteiger partial charge in [0.2, 0.25) is 11.9 Å². The summed E-state index contributed by atoms with van der Waals surface area (Å²) in [6, 6.07) is 16.2. The molecule has 0 fully saturated rings. The Morgan fingerprint density at radius 3 is 2.53 bits per heavy atom. The average molecular weight is 467 g/mol. The highest BCUT2D eigenvalue weighted by Gasteiger charge is 2.33. The zero-order valence-electron chi connectivity index (χ0n) is 18.9. The Balaban J connectivity index is 1.83. The second kappa shape index (κ2) is 9.21. The molecule has 4 rings (SSSR count). The molecule has 0 saturated carbocycles. The van der Waals surface area contributed by atoms with Crippen molar-refractivity contribution in [3.63, 3.8) is 0 Å². The molecular formula is C26H25F3N4O. The number of hydrogen-bond donors (Lipinski definition) is 2. The number of nitrogens with two attached hydrogens (primary N) is 1. The summed E-state index contributed by atoms with van der Waals surface area (Å²) in [5.41, 5.74) is 9.30. The lowest BCUT2D eigenvalue weighted by molar-refractivity contribution is -0.138. The van der Waals surface area contributed by atoms with Gasteiger partial charge in [-0.3, -0.25) is 4.79 Å². The van der Waals surface area contributed by atoms with Crippen LogP contribution in [0.15, 0.2) is 60.7 Å². The van der Waals surface area contributed by atoms with Gasteiger partial charge in [0.15, 0.2) is 0 Å². The third kappa shape index (κ3) is 4.76. The van der Waals surface area contributed by atoms with Crippen LogP contribution in [0.5, 0.6) is 0 Å². The average Bonchev–Trinajstić information content (AvgIpc) is 3.12. The Kier molecular flexibility index (Phi) is 6.32. The van der Waals surface area contributed by atoms with E-state index in [2.05, 4.69) is 17.2 Å². The second-order valence-electron chi connectivity index (χ2n) is 8.26.